The second-order valence-electron chi connectivity index (χ2n) is 7.96. The molecule has 1 aromatic rings. The fourth-order valence-electron chi connectivity index (χ4n) is 4.12. The molecule has 2 aliphatic rings. The van der Waals surface area contributed by atoms with Gasteiger partial charge in [-0.15, -0.1) is 0 Å². The lowest BCUT2D eigenvalue weighted by atomic mass is 9.90. The molecule has 3 rings (SSSR count). The Morgan fingerprint density at radius 3 is 2.96 bits per heavy atom. The Morgan fingerprint density at radius 2 is 2.19 bits per heavy atom. The lowest BCUT2D eigenvalue weighted by Gasteiger charge is -2.35. The average molecular weight is 372 g/mol. The molecule has 0 bridgehead atoms. The number of nitrogens with zero attached hydrogens (tertiary/aromatic N) is 2. The van der Waals surface area contributed by atoms with Gasteiger partial charge in [-0.3, -0.25) is 14.7 Å². The van der Waals surface area contributed by atoms with Crippen LogP contribution >= 0.6 is 0 Å². The molecule has 6 heteroatoms. The lowest BCUT2D eigenvalue weighted by molar-refractivity contribution is -0.116. The van der Waals surface area contributed by atoms with Crippen molar-refractivity contribution in [1.29, 1.82) is 0 Å². The van der Waals surface area contributed by atoms with E-state index in [2.05, 4.69) is 45.8 Å². The summed E-state index contributed by atoms with van der Waals surface area (Å²) in [4.78, 5) is 18.9. The van der Waals surface area contributed by atoms with Crippen LogP contribution in [0.15, 0.2) is 29.3 Å². The summed E-state index contributed by atoms with van der Waals surface area (Å²) in [7, 11) is 1.80. The first-order chi connectivity index (χ1) is 13.1. The number of rotatable bonds is 5. The van der Waals surface area contributed by atoms with Crippen molar-refractivity contribution in [2.45, 2.75) is 45.1 Å². The molecular formula is C21H33N5O. The van der Waals surface area contributed by atoms with Crippen molar-refractivity contribution in [1.82, 2.24) is 15.5 Å². The van der Waals surface area contributed by atoms with Crippen LogP contribution in [0.25, 0.3) is 0 Å². The molecule has 148 valence electrons. The number of amides is 1. The first-order valence-electron chi connectivity index (χ1n) is 10.1. The molecule has 1 saturated heterocycles. The number of carbonyl (C=O) groups is 1. The number of carbonyl (C=O) groups excluding carboxylic acids is 1. The minimum Gasteiger partial charge on any atom is -0.356 e. The molecule has 1 fully saturated rings. The molecular weight excluding hydrogens is 338 g/mol. The predicted molar refractivity (Wildman–Crippen MR) is 111 cm³/mol. The van der Waals surface area contributed by atoms with Gasteiger partial charge in [0.05, 0.1) is 0 Å². The number of hydrogen-bond acceptors (Lipinski definition) is 3. The molecule has 2 heterocycles. The van der Waals surface area contributed by atoms with Crippen LogP contribution in [0.4, 0.5) is 5.69 Å². The number of hydrogen-bond donors (Lipinski definition) is 3. The van der Waals surface area contributed by atoms with E-state index in [1.54, 1.807) is 7.05 Å². The summed E-state index contributed by atoms with van der Waals surface area (Å²) in [5, 5.41) is 9.81. The van der Waals surface area contributed by atoms with Gasteiger partial charge in [-0.25, -0.2) is 0 Å². The first-order valence-corrected chi connectivity index (χ1v) is 10.1. The molecule has 2 aliphatic heterocycles. The molecule has 1 aromatic carbocycles. The molecule has 6 nitrogen and oxygen atoms in total. The fraction of sp³-hybridized carbons (Fsp3) is 0.619. The smallest absolute Gasteiger partial charge is 0.225 e. The van der Waals surface area contributed by atoms with Crippen LogP contribution in [0.3, 0.4) is 0 Å². The van der Waals surface area contributed by atoms with E-state index in [1.807, 2.05) is 18.2 Å². The maximum absolute atomic E-state index is 12.0. The van der Waals surface area contributed by atoms with Crippen molar-refractivity contribution in [2.24, 2.45) is 10.9 Å². The SMILES string of the molecule is CN=C(NCC1CC(=O)Nc2ccccc21)NCC(C)N1CCCC(C)C1. The normalized spacial score (nSPS) is 24.7. The van der Waals surface area contributed by atoms with Crippen LogP contribution in [0.2, 0.25) is 0 Å². The Labute approximate surface area is 162 Å². The van der Waals surface area contributed by atoms with Crippen LogP contribution in [-0.4, -0.2) is 56.0 Å². The summed E-state index contributed by atoms with van der Waals surface area (Å²) in [6.45, 7) is 8.55. The highest BCUT2D eigenvalue weighted by molar-refractivity contribution is 5.94. The van der Waals surface area contributed by atoms with Crippen LogP contribution in [0.1, 0.15) is 44.6 Å². The number of fused-ring (bicyclic) bond motifs is 1. The average Bonchev–Trinajstić information content (AvgIpc) is 2.67. The Morgan fingerprint density at radius 1 is 1.37 bits per heavy atom. The summed E-state index contributed by atoms with van der Waals surface area (Å²) in [6.07, 6.45) is 3.14. The zero-order valence-electron chi connectivity index (χ0n) is 16.8. The zero-order chi connectivity index (χ0) is 19.2. The Kier molecular flexibility index (Phi) is 6.72. The molecule has 3 unspecified atom stereocenters. The predicted octanol–water partition coefficient (Wildman–Crippen LogP) is 2.40. The Balaban J connectivity index is 1.50. The number of anilines is 1. The van der Waals surface area contributed by atoms with Crippen LogP contribution < -0.4 is 16.0 Å². The maximum atomic E-state index is 12.0. The number of benzene rings is 1. The van der Waals surface area contributed by atoms with Crippen molar-refractivity contribution < 1.29 is 4.79 Å². The standard InChI is InChI=1S/C21H33N5O/c1-15-7-6-10-26(14-15)16(2)12-23-21(22-3)24-13-17-11-20(27)25-19-9-5-4-8-18(17)19/h4-5,8-9,15-17H,6-7,10-14H2,1-3H3,(H,25,27)(H2,22,23,24). The highest BCUT2D eigenvalue weighted by Gasteiger charge is 2.25. The quantitative estimate of drug-likeness (QED) is 0.549. The van der Waals surface area contributed by atoms with Gasteiger partial charge in [0.2, 0.25) is 5.91 Å². The van der Waals surface area contributed by atoms with Gasteiger partial charge in [0.15, 0.2) is 5.96 Å². The van der Waals surface area contributed by atoms with Gasteiger partial charge in [-0.2, -0.15) is 0 Å². The van der Waals surface area contributed by atoms with E-state index >= 15 is 0 Å². The van der Waals surface area contributed by atoms with E-state index < -0.39 is 0 Å². The largest absolute Gasteiger partial charge is 0.356 e. The molecule has 0 aliphatic carbocycles. The minimum absolute atomic E-state index is 0.0799. The van der Waals surface area contributed by atoms with Gasteiger partial charge >= 0.3 is 0 Å². The highest BCUT2D eigenvalue weighted by Crippen LogP contribution is 2.31. The zero-order valence-corrected chi connectivity index (χ0v) is 16.8. The number of aliphatic imine (C=N–C) groups is 1. The van der Waals surface area contributed by atoms with Crippen molar-refractivity contribution in [3.05, 3.63) is 29.8 Å². The first kappa shape index (κ1) is 19.7. The van der Waals surface area contributed by atoms with Gasteiger partial charge in [-0.05, 0) is 43.9 Å². The van der Waals surface area contributed by atoms with Crippen LogP contribution in [-0.2, 0) is 4.79 Å². The summed E-state index contributed by atoms with van der Waals surface area (Å²) in [5.74, 6) is 1.83. The number of likely N-dealkylation sites (tertiary alicyclic amines) is 1. The molecule has 27 heavy (non-hydrogen) atoms. The van der Waals surface area contributed by atoms with Gasteiger partial charge in [0, 0.05) is 50.7 Å². The van der Waals surface area contributed by atoms with Crippen LogP contribution in [0.5, 0.6) is 0 Å². The monoisotopic (exact) mass is 371 g/mol. The molecule has 3 atom stereocenters. The van der Waals surface area contributed by atoms with Crippen molar-refractivity contribution >= 4 is 17.6 Å². The third-order valence-corrected chi connectivity index (χ3v) is 5.72. The molecule has 0 radical (unpaired) electrons. The van der Waals surface area contributed by atoms with Crippen molar-refractivity contribution in [3.8, 4) is 0 Å². The van der Waals surface area contributed by atoms with Crippen LogP contribution in [0, 0.1) is 5.92 Å². The molecule has 3 N–H and O–H groups in total. The summed E-state index contributed by atoms with van der Waals surface area (Å²) in [5.41, 5.74) is 2.12. The van der Waals surface area contributed by atoms with E-state index in [1.165, 1.54) is 31.5 Å². The minimum atomic E-state index is 0.0799. The topological polar surface area (TPSA) is 68.8 Å². The molecule has 1 amide bonds. The second-order valence-corrected chi connectivity index (χ2v) is 7.96. The highest BCUT2D eigenvalue weighted by atomic mass is 16.1. The van der Waals surface area contributed by atoms with Gasteiger partial charge in [-0.1, -0.05) is 25.1 Å². The third kappa shape index (κ3) is 5.22. The van der Waals surface area contributed by atoms with Gasteiger partial charge < -0.3 is 16.0 Å². The van der Waals surface area contributed by atoms with Crippen molar-refractivity contribution in [3.63, 3.8) is 0 Å². The third-order valence-electron chi connectivity index (χ3n) is 5.72. The van der Waals surface area contributed by atoms with Crippen molar-refractivity contribution in [2.75, 3.05) is 38.5 Å². The Hall–Kier alpha value is -2.08. The fourth-order valence-corrected chi connectivity index (χ4v) is 4.12. The van der Waals surface area contributed by atoms with E-state index in [0.717, 1.165) is 24.1 Å². The number of nitrogens with one attached hydrogen (secondary N) is 3. The van der Waals surface area contributed by atoms with E-state index in [9.17, 15) is 4.79 Å². The van der Waals surface area contributed by atoms with Gasteiger partial charge in [0.1, 0.15) is 0 Å². The maximum Gasteiger partial charge on any atom is 0.225 e. The van der Waals surface area contributed by atoms with Gasteiger partial charge in [0.25, 0.3) is 0 Å². The van der Waals surface area contributed by atoms with E-state index in [0.29, 0.717) is 19.0 Å². The number of para-hydroxylation sites is 1. The number of piperidine rings is 1. The molecule has 0 aromatic heterocycles. The summed E-state index contributed by atoms with van der Waals surface area (Å²) < 4.78 is 0. The van der Waals surface area contributed by atoms with E-state index in [4.69, 9.17) is 0 Å². The Bertz CT molecular complexity index is 674. The lowest BCUT2D eigenvalue weighted by Crippen LogP contribution is -2.49. The summed E-state index contributed by atoms with van der Waals surface area (Å²) >= 11 is 0. The molecule has 0 spiro atoms. The second kappa shape index (κ2) is 9.22. The van der Waals surface area contributed by atoms with E-state index in [-0.39, 0.29) is 11.8 Å². The number of guanidine groups is 1. The summed E-state index contributed by atoms with van der Waals surface area (Å²) in [6, 6.07) is 8.52. The molecule has 0 saturated carbocycles.